The van der Waals surface area contributed by atoms with E-state index < -0.39 is 12.0 Å². The van der Waals surface area contributed by atoms with E-state index in [9.17, 15) is 13.2 Å². The van der Waals surface area contributed by atoms with Gasteiger partial charge in [-0.1, -0.05) is 15.9 Å². The molecule has 0 saturated heterocycles. The zero-order chi connectivity index (χ0) is 14.5. The monoisotopic (exact) mass is 457 g/mol. The fourth-order valence-electron chi connectivity index (χ4n) is 1.64. The van der Waals surface area contributed by atoms with Crippen LogP contribution in [-0.2, 0) is 6.18 Å². The smallest absolute Gasteiger partial charge is 0.294 e. The van der Waals surface area contributed by atoms with Crippen molar-refractivity contribution in [3.05, 3.63) is 32.3 Å². The number of imidazole rings is 1. The molecule has 20 heavy (non-hydrogen) atoms. The summed E-state index contributed by atoms with van der Waals surface area (Å²) in [6.45, 7) is 0. The van der Waals surface area contributed by atoms with Crippen LogP contribution in [0.25, 0.3) is 17.2 Å². The Morgan fingerprint density at radius 2 is 2.05 bits per heavy atom. The molecule has 3 heterocycles. The Kier molecular flexibility index (Phi) is 3.23. The number of fused-ring (bicyclic) bond motifs is 1. The Labute approximate surface area is 131 Å². The highest BCUT2D eigenvalue weighted by Gasteiger charge is 2.36. The second kappa shape index (κ2) is 4.69. The van der Waals surface area contributed by atoms with Gasteiger partial charge in [0.15, 0.2) is 5.82 Å². The van der Waals surface area contributed by atoms with Crippen molar-refractivity contribution >= 4 is 44.2 Å². The summed E-state index contributed by atoms with van der Waals surface area (Å²) in [5, 5.41) is 5.44. The van der Waals surface area contributed by atoms with Crippen LogP contribution in [0.15, 0.2) is 22.8 Å². The number of aromatic amines is 1. The van der Waals surface area contributed by atoms with Crippen molar-refractivity contribution in [1.82, 2.24) is 24.6 Å². The minimum atomic E-state index is -4.58. The summed E-state index contributed by atoms with van der Waals surface area (Å²) in [5.41, 5.74) is 0.926. The number of rotatable bonds is 1. The van der Waals surface area contributed by atoms with Gasteiger partial charge in [0.1, 0.15) is 15.0 Å². The van der Waals surface area contributed by atoms with Crippen molar-refractivity contribution in [3.8, 4) is 11.5 Å². The Hall–Kier alpha value is -1.17. The first-order valence-electron chi connectivity index (χ1n) is 5.19. The van der Waals surface area contributed by atoms with E-state index in [-0.39, 0.29) is 5.82 Å². The Balaban J connectivity index is 2.15. The Bertz CT molecular complexity index is 794. The molecular weight excluding hydrogens is 454 g/mol. The Morgan fingerprint density at radius 3 is 2.70 bits per heavy atom. The minimum Gasteiger partial charge on any atom is -0.294 e. The van der Waals surface area contributed by atoms with Gasteiger partial charge >= 0.3 is 6.18 Å². The highest BCUT2D eigenvalue weighted by atomic mass is 127. The average Bonchev–Trinajstić information content (AvgIpc) is 2.93. The summed E-state index contributed by atoms with van der Waals surface area (Å²) in [7, 11) is 0. The maximum Gasteiger partial charge on any atom is 0.453 e. The van der Waals surface area contributed by atoms with Crippen molar-refractivity contribution in [2.45, 2.75) is 6.18 Å². The molecule has 0 aliphatic carbocycles. The molecule has 0 amide bonds. The van der Waals surface area contributed by atoms with Gasteiger partial charge in [-0.15, -0.1) is 5.10 Å². The van der Waals surface area contributed by atoms with Gasteiger partial charge in [0, 0.05) is 10.7 Å². The van der Waals surface area contributed by atoms with Crippen molar-refractivity contribution in [3.63, 3.8) is 0 Å². The number of nitrogens with zero attached hydrogens (tertiary/aromatic N) is 4. The number of pyridine rings is 1. The molecule has 0 fully saturated rings. The molecule has 1 N–H and O–H groups in total. The van der Waals surface area contributed by atoms with E-state index in [1.807, 2.05) is 28.7 Å². The molecule has 0 unspecified atom stereocenters. The Morgan fingerprint density at radius 1 is 1.30 bits per heavy atom. The SMILES string of the molecule is FC(F)(F)c1n[nH]c(-c2nc3cc(Br)ccn3c2I)n1. The molecule has 10 heteroatoms. The third kappa shape index (κ3) is 2.30. The van der Waals surface area contributed by atoms with Crippen LogP contribution < -0.4 is 0 Å². The summed E-state index contributed by atoms with van der Waals surface area (Å²) in [5.74, 6) is -1.22. The number of aromatic nitrogens is 5. The van der Waals surface area contributed by atoms with Crippen LogP contribution in [0.5, 0.6) is 0 Å². The standard InChI is InChI=1S/C10H4BrF3IN5/c11-4-1-2-20-5(3-4)16-6(7(20)15)8-17-9(19-18-8)10(12,13)14/h1-3H,(H,17,18,19). The lowest BCUT2D eigenvalue weighted by atomic mass is 10.4. The average molecular weight is 458 g/mol. The van der Waals surface area contributed by atoms with Gasteiger partial charge in [0.25, 0.3) is 5.82 Å². The number of H-pyrrole nitrogens is 1. The number of halogens is 5. The number of nitrogens with one attached hydrogen (secondary N) is 1. The largest absolute Gasteiger partial charge is 0.453 e. The second-order valence-corrected chi connectivity index (χ2v) is 5.77. The number of alkyl halides is 3. The van der Waals surface area contributed by atoms with Gasteiger partial charge in [-0.3, -0.25) is 9.50 Å². The molecule has 0 radical (unpaired) electrons. The highest BCUT2D eigenvalue weighted by molar-refractivity contribution is 14.1. The summed E-state index contributed by atoms with van der Waals surface area (Å²) in [6, 6.07) is 3.56. The summed E-state index contributed by atoms with van der Waals surface area (Å²) >= 11 is 5.31. The molecule has 0 saturated carbocycles. The first kappa shape index (κ1) is 13.8. The fraction of sp³-hybridized carbons (Fsp3) is 0.100. The lowest BCUT2D eigenvalue weighted by molar-refractivity contribution is -0.144. The minimum absolute atomic E-state index is 0.0125. The fourth-order valence-corrected chi connectivity index (χ4v) is 2.74. The zero-order valence-corrected chi connectivity index (χ0v) is 13.2. The van der Waals surface area contributed by atoms with Crippen molar-refractivity contribution in [2.75, 3.05) is 0 Å². The summed E-state index contributed by atoms with van der Waals surface area (Å²) in [6.07, 6.45) is -2.82. The molecule has 104 valence electrons. The number of hydrogen-bond donors (Lipinski definition) is 1. The van der Waals surface area contributed by atoms with Gasteiger partial charge < -0.3 is 0 Å². The maximum atomic E-state index is 12.5. The molecule has 0 aliphatic heterocycles. The van der Waals surface area contributed by atoms with Gasteiger partial charge in [0.05, 0.1) is 0 Å². The van der Waals surface area contributed by atoms with Crippen LogP contribution in [-0.4, -0.2) is 24.6 Å². The van der Waals surface area contributed by atoms with Crippen LogP contribution in [0.4, 0.5) is 13.2 Å². The molecule has 5 nitrogen and oxygen atoms in total. The van der Waals surface area contributed by atoms with Crippen molar-refractivity contribution in [2.24, 2.45) is 0 Å². The van der Waals surface area contributed by atoms with E-state index in [1.54, 1.807) is 16.7 Å². The molecule has 0 aromatic carbocycles. The van der Waals surface area contributed by atoms with E-state index in [1.165, 1.54) is 0 Å². The van der Waals surface area contributed by atoms with Crippen LogP contribution in [0.3, 0.4) is 0 Å². The molecular formula is C10H4BrF3IN5. The van der Waals surface area contributed by atoms with Crippen LogP contribution in [0, 0.1) is 3.70 Å². The van der Waals surface area contributed by atoms with Gasteiger partial charge in [-0.05, 0) is 34.7 Å². The highest BCUT2D eigenvalue weighted by Crippen LogP contribution is 2.29. The van der Waals surface area contributed by atoms with Crippen LogP contribution in [0.2, 0.25) is 0 Å². The van der Waals surface area contributed by atoms with Gasteiger partial charge in [-0.25, -0.2) is 9.97 Å². The van der Waals surface area contributed by atoms with Gasteiger partial charge in [-0.2, -0.15) is 13.2 Å². The quantitative estimate of drug-likeness (QED) is 0.569. The molecule has 0 spiro atoms. The molecule has 0 aliphatic rings. The first-order chi connectivity index (χ1) is 9.36. The predicted molar refractivity (Wildman–Crippen MR) is 76.0 cm³/mol. The van der Waals surface area contributed by atoms with Crippen LogP contribution in [0.1, 0.15) is 5.82 Å². The molecule has 0 atom stereocenters. The van der Waals surface area contributed by atoms with Crippen LogP contribution >= 0.6 is 38.5 Å². The van der Waals surface area contributed by atoms with Crippen molar-refractivity contribution in [1.29, 1.82) is 0 Å². The number of hydrogen-bond acceptors (Lipinski definition) is 3. The second-order valence-electron chi connectivity index (χ2n) is 3.83. The van der Waals surface area contributed by atoms with E-state index in [0.717, 1.165) is 4.47 Å². The van der Waals surface area contributed by atoms with E-state index in [0.29, 0.717) is 15.0 Å². The summed E-state index contributed by atoms with van der Waals surface area (Å²) in [4.78, 5) is 7.71. The van der Waals surface area contributed by atoms with Crippen molar-refractivity contribution < 1.29 is 13.2 Å². The normalized spacial score (nSPS) is 12.2. The predicted octanol–water partition coefficient (Wildman–Crippen LogP) is 3.51. The molecule has 3 aromatic rings. The topological polar surface area (TPSA) is 58.9 Å². The third-order valence-electron chi connectivity index (χ3n) is 2.49. The maximum absolute atomic E-state index is 12.5. The lowest BCUT2D eigenvalue weighted by Gasteiger charge is -1.97. The molecule has 0 bridgehead atoms. The first-order valence-corrected chi connectivity index (χ1v) is 7.06. The summed E-state index contributed by atoms with van der Waals surface area (Å²) < 4.78 is 40.7. The van der Waals surface area contributed by atoms with E-state index in [4.69, 9.17) is 0 Å². The van der Waals surface area contributed by atoms with E-state index >= 15 is 0 Å². The zero-order valence-electron chi connectivity index (χ0n) is 9.41. The molecule has 3 rings (SSSR count). The van der Waals surface area contributed by atoms with Gasteiger partial charge in [0.2, 0.25) is 0 Å². The molecule has 3 aromatic heterocycles. The third-order valence-corrected chi connectivity index (χ3v) is 4.02. The van der Waals surface area contributed by atoms with E-state index in [2.05, 4.69) is 36.1 Å². The lowest BCUT2D eigenvalue weighted by Crippen LogP contribution is -2.07.